The molecule has 0 spiro atoms. The predicted octanol–water partition coefficient (Wildman–Crippen LogP) is 4.47. The van der Waals surface area contributed by atoms with Crippen molar-refractivity contribution in [3.05, 3.63) is 75.5 Å². The Labute approximate surface area is 202 Å². The molecule has 2 amide bonds. The molecule has 8 nitrogen and oxygen atoms in total. The van der Waals surface area contributed by atoms with Crippen molar-refractivity contribution >= 4 is 35.6 Å². The average molecular weight is 485 g/mol. The van der Waals surface area contributed by atoms with Gasteiger partial charge < -0.3 is 24.8 Å². The van der Waals surface area contributed by atoms with Gasteiger partial charge in [0, 0.05) is 11.8 Å². The van der Waals surface area contributed by atoms with E-state index in [9.17, 15) is 14.4 Å². The van der Waals surface area contributed by atoms with Crippen LogP contribution < -0.4 is 20.1 Å². The number of nitrogens with one attached hydrogen (secondary N) is 2. The Balaban J connectivity index is 1.91. The summed E-state index contributed by atoms with van der Waals surface area (Å²) in [5.74, 6) is -1.04. The number of benzene rings is 2. The zero-order valence-corrected chi connectivity index (χ0v) is 20.0. The van der Waals surface area contributed by atoms with Crippen LogP contribution >= 0.6 is 11.6 Å². The number of allylic oxidation sites excluding steroid dienone is 1. The molecular weight excluding hydrogens is 460 g/mol. The van der Waals surface area contributed by atoms with Crippen molar-refractivity contribution in [2.45, 2.75) is 26.8 Å². The fourth-order valence-electron chi connectivity index (χ4n) is 3.49. The van der Waals surface area contributed by atoms with Crippen LogP contribution in [0.3, 0.4) is 0 Å². The summed E-state index contributed by atoms with van der Waals surface area (Å²) < 4.78 is 16.0. The second-order valence-corrected chi connectivity index (χ2v) is 7.84. The van der Waals surface area contributed by atoms with Crippen LogP contribution in [0.4, 0.5) is 4.79 Å². The first-order chi connectivity index (χ1) is 16.2. The molecule has 1 atom stereocenters. The molecule has 1 heterocycles. The lowest BCUT2D eigenvalue weighted by molar-refractivity contribution is -0.139. The number of hydrogen-bond donors (Lipinski definition) is 2. The fraction of sp³-hybridized carbons (Fsp3) is 0.240. The molecule has 2 aromatic rings. The monoisotopic (exact) mass is 484 g/mol. The van der Waals surface area contributed by atoms with E-state index in [1.807, 2.05) is 31.2 Å². The molecule has 0 saturated carbocycles. The second-order valence-electron chi connectivity index (χ2n) is 7.44. The molecule has 3 rings (SSSR count). The number of urea groups is 1. The molecular formula is C25H25ClN2O6. The lowest BCUT2D eigenvalue weighted by Crippen LogP contribution is -2.45. The number of methoxy groups -OCH3 is 1. The summed E-state index contributed by atoms with van der Waals surface area (Å²) in [6.07, 6.45) is 2.94. The van der Waals surface area contributed by atoms with Crippen LogP contribution in [0, 0.1) is 6.92 Å². The summed E-state index contributed by atoms with van der Waals surface area (Å²) in [6.45, 7) is 5.40. The number of carbonyl (C=O) groups is 3. The Bertz CT molecular complexity index is 1190. The van der Waals surface area contributed by atoms with Crippen molar-refractivity contribution in [2.24, 2.45) is 0 Å². The summed E-state index contributed by atoms with van der Waals surface area (Å²) in [4.78, 5) is 37.1. The van der Waals surface area contributed by atoms with Gasteiger partial charge in [-0.3, -0.25) is 0 Å². The average Bonchev–Trinajstić information content (AvgIpc) is 2.79. The number of hydrogen-bond acceptors (Lipinski definition) is 6. The number of ether oxygens (including phenoxy) is 3. The highest BCUT2D eigenvalue weighted by Gasteiger charge is 2.33. The highest BCUT2D eigenvalue weighted by molar-refractivity contribution is 6.32. The van der Waals surface area contributed by atoms with E-state index in [1.165, 1.54) is 19.3 Å². The van der Waals surface area contributed by atoms with Gasteiger partial charge in [0.1, 0.15) is 0 Å². The molecule has 1 aliphatic rings. The molecule has 34 heavy (non-hydrogen) atoms. The zero-order chi connectivity index (χ0) is 24.8. The molecule has 0 saturated heterocycles. The van der Waals surface area contributed by atoms with Gasteiger partial charge >= 0.3 is 18.0 Å². The van der Waals surface area contributed by atoms with Gasteiger partial charge in [0.15, 0.2) is 11.5 Å². The topological polar surface area (TPSA) is 103 Å². The van der Waals surface area contributed by atoms with Crippen molar-refractivity contribution < 1.29 is 28.6 Å². The van der Waals surface area contributed by atoms with Crippen molar-refractivity contribution in [1.82, 2.24) is 10.6 Å². The van der Waals surface area contributed by atoms with Crippen molar-refractivity contribution in [1.29, 1.82) is 0 Å². The lowest BCUT2D eigenvalue weighted by Gasteiger charge is -2.28. The van der Waals surface area contributed by atoms with Crippen molar-refractivity contribution in [2.75, 3.05) is 13.7 Å². The number of amides is 2. The summed E-state index contributed by atoms with van der Waals surface area (Å²) >= 11 is 6.44. The van der Waals surface area contributed by atoms with Gasteiger partial charge in [-0.1, -0.05) is 35.9 Å². The molecule has 1 aliphatic heterocycles. The molecule has 0 aromatic heterocycles. The predicted molar refractivity (Wildman–Crippen MR) is 128 cm³/mol. The third-order valence-electron chi connectivity index (χ3n) is 5.14. The Morgan fingerprint density at radius 3 is 2.59 bits per heavy atom. The minimum Gasteiger partial charge on any atom is -0.493 e. The first kappa shape index (κ1) is 24.9. The van der Waals surface area contributed by atoms with Crippen LogP contribution in [0.5, 0.6) is 11.5 Å². The SMILES string of the molecule is CCOC(=O)C1=C(C)NC(=O)NC1c1cc(Cl)c(OC(=O)/C=C/c2ccccc2C)c(OC)c1. The maximum Gasteiger partial charge on any atom is 0.338 e. The molecule has 9 heteroatoms. The molecule has 178 valence electrons. The third kappa shape index (κ3) is 5.58. The molecule has 1 unspecified atom stereocenters. The minimum absolute atomic E-state index is 0.0194. The second kappa shape index (κ2) is 10.9. The quantitative estimate of drug-likeness (QED) is 0.341. The van der Waals surface area contributed by atoms with Gasteiger partial charge in [-0.05, 0) is 55.7 Å². The van der Waals surface area contributed by atoms with Crippen LogP contribution in [0.15, 0.2) is 53.7 Å². The van der Waals surface area contributed by atoms with Gasteiger partial charge in [-0.25, -0.2) is 14.4 Å². The van der Waals surface area contributed by atoms with E-state index in [-0.39, 0.29) is 28.7 Å². The van der Waals surface area contributed by atoms with Gasteiger partial charge in [-0.2, -0.15) is 0 Å². The van der Waals surface area contributed by atoms with E-state index < -0.39 is 24.0 Å². The molecule has 0 fully saturated rings. The van der Waals surface area contributed by atoms with Crippen LogP contribution in [0.1, 0.15) is 36.6 Å². The third-order valence-corrected chi connectivity index (χ3v) is 5.42. The Morgan fingerprint density at radius 1 is 1.18 bits per heavy atom. The molecule has 2 N–H and O–H groups in total. The summed E-state index contributed by atoms with van der Waals surface area (Å²) in [5.41, 5.74) is 2.93. The first-order valence-corrected chi connectivity index (χ1v) is 10.9. The first-order valence-electron chi connectivity index (χ1n) is 10.5. The summed E-state index contributed by atoms with van der Waals surface area (Å²) in [5, 5.41) is 5.33. The van der Waals surface area contributed by atoms with Crippen molar-refractivity contribution in [3.8, 4) is 11.5 Å². The van der Waals surface area contributed by atoms with Crippen LogP contribution in [-0.4, -0.2) is 31.7 Å². The normalized spacial score (nSPS) is 15.6. The molecule has 0 radical (unpaired) electrons. The number of rotatable bonds is 7. The van der Waals surface area contributed by atoms with E-state index in [1.54, 1.807) is 26.0 Å². The Morgan fingerprint density at radius 2 is 1.91 bits per heavy atom. The summed E-state index contributed by atoms with van der Waals surface area (Å²) in [6, 6.07) is 9.31. The maximum absolute atomic E-state index is 12.6. The zero-order valence-electron chi connectivity index (χ0n) is 19.2. The highest BCUT2D eigenvalue weighted by Crippen LogP contribution is 2.40. The van der Waals surface area contributed by atoms with Crippen LogP contribution in [0.25, 0.3) is 6.08 Å². The Hall–Kier alpha value is -3.78. The van der Waals surface area contributed by atoms with Crippen LogP contribution in [-0.2, 0) is 14.3 Å². The van der Waals surface area contributed by atoms with Gasteiger partial charge in [0.05, 0.1) is 30.4 Å². The molecule has 2 aromatic carbocycles. The number of aryl methyl sites for hydroxylation is 1. The molecule has 0 bridgehead atoms. The minimum atomic E-state index is -0.843. The number of carbonyl (C=O) groups excluding carboxylic acids is 3. The fourth-order valence-corrected chi connectivity index (χ4v) is 3.75. The van der Waals surface area contributed by atoms with E-state index in [0.29, 0.717) is 11.3 Å². The number of esters is 2. The van der Waals surface area contributed by atoms with Gasteiger partial charge in [0.25, 0.3) is 0 Å². The number of halogens is 1. The summed E-state index contributed by atoms with van der Waals surface area (Å²) in [7, 11) is 1.39. The Kier molecular flexibility index (Phi) is 7.96. The maximum atomic E-state index is 12.6. The van der Waals surface area contributed by atoms with E-state index in [4.69, 9.17) is 25.8 Å². The van der Waals surface area contributed by atoms with Gasteiger partial charge in [0.2, 0.25) is 0 Å². The highest BCUT2D eigenvalue weighted by atomic mass is 35.5. The van der Waals surface area contributed by atoms with Crippen molar-refractivity contribution in [3.63, 3.8) is 0 Å². The van der Waals surface area contributed by atoms with E-state index >= 15 is 0 Å². The van der Waals surface area contributed by atoms with E-state index in [0.717, 1.165) is 11.1 Å². The van der Waals surface area contributed by atoms with Crippen LogP contribution in [0.2, 0.25) is 5.02 Å². The smallest absolute Gasteiger partial charge is 0.338 e. The molecule has 0 aliphatic carbocycles. The lowest BCUT2D eigenvalue weighted by atomic mass is 9.95. The largest absolute Gasteiger partial charge is 0.493 e. The standard InChI is InChI=1S/C25H25ClN2O6/c1-5-33-24(30)21-15(3)27-25(31)28-22(21)17-12-18(26)23(19(13-17)32-4)34-20(29)11-10-16-9-7-6-8-14(16)2/h6-13,22H,5H2,1-4H3,(H2,27,28,31)/b11-10+. The van der Waals surface area contributed by atoms with Gasteiger partial charge in [-0.15, -0.1) is 0 Å². The van der Waals surface area contributed by atoms with E-state index in [2.05, 4.69) is 10.6 Å².